The Morgan fingerprint density at radius 1 is 1.27 bits per heavy atom. The lowest BCUT2D eigenvalue weighted by atomic mass is 10.1. The average Bonchev–Trinajstić information content (AvgIpc) is 3.25. The Hall–Kier alpha value is -2.79. The van der Waals surface area contributed by atoms with Crippen molar-refractivity contribution in [3.63, 3.8) is 0 Å². The predicted molar refractivity (Wildman–Crippen MR) is 110 cm³/mol. The average molecular weight is 430 g/mol. The summed E-state index contributed by atoms with van der Waals surface area (Å²) in [7, 11) is -3.81. The lowest BCUT2D eigenvalue weighted by Crippen LogP contribution is -2.49. The fourth-order valence-electron chi connectivity index (χ4n) is 3.36. The molecule has 1 aliphatic rings. The van der Waals surface area contributed by atoms with Crippen LogP contribution in [0.1, 0.15) is 28.8 Å². The van der Waals surface area contributed by atoms with Crippen LogP contribution in [0.4, 0.5) is 0 Å². The Labute approximate surface area is 174 Å². The van der Waals surface area contributed by atoms with Gasteiger partial charge >= 0.3 is 0 Å². The molecular formula is C20H23N5O4S. The van der Waals surface area contributed by atoms with Crippen molar-refractivity contribution in [1.82, 2.24) is 19.1 Å². The number of ether oxygens (including phenoxy) is 1. The van der Waals surface area contributed by atoms with E-state index in [0.717, 1.165) is 22.0 Å². The number of rotatable bonds is 6. The number of hydrogen-bond donors (Lipinski definition) is 2. The first kappa shape index (κ1) is 20.5. The lowest BCUT2D eigenvalue weighted by Gasteiger charge is -2.29. The van der Waals surface area contributed by atoms with Crippen LogP contribution in [-0.2, 0) is 21.3 Å². The summed E-state index contributed by atoms with van der Waals surface area (Å²) in [6.45, 7) is 1.19. The molecule has 0 bridgehead atoms. The largest absolute Gasteiger partial charge is 0.380 e. The minimum atomic E-state index is -3.81. The van der Waals surface area contributed by atoms with Gasteiger partial charge in [-0.3, -0.25) is 10.6 Å². The fourth-order valence-corrected chi connectivity index (χ4v) is 4.64. The summed E-state index contributed by atoms with van der Waals surface area (Å²) < 4.78 is 33.5. The van der Waals surface area contributed by atoms with Crippen LogP contribution < -0.4 is 11.2 Å². The van der Waals surface area contributed by atoms with Crippen LogP contribution in [0.2, 0.25) is 0 Å². The summed E-state index contributed by atoms with van der Waals surface area (Å²) >= 11 is 0. The number of hydrazine groups is 1. The van der Waals surface area contributed by atoms with E-state index in [4.69, 9.17) is 10.6 Å². The van der Waals surface area contributed by atoms with Gasteiger partial charge in [0.1, 0.15) is 5.65 Å². The zero-order valence-corrected chi connectivity index (χ0v) is 17.1. The first-order valence-corrected chi connectivity index (χ1v) is 11.1. The number of benzene rings is 1. The van der Waals surface area contributed by atoms with E-state index in [9.17, 15) is 13.2 Å². The maximum atomic E-state index is 12.7. The zero-order chi connectivity index (χ0) is 21.1. The van der Waals surface area contributed by atoms with E-state index in [0.29, 0.717) is 25.2 Å². The molecule has 0 aliphatic carbocycles. The third-order valence-corrected chi connectivity index (χ3v) is 6.82. The molecule has 0 saturated carbocycles. The van der Waals surface area contributed by atoms with Crippen LogP contribution in [0.25, 0.3) is 5.65 Å². The number of carbonyl (C=O) groups excluding carboxylic acids is 1. The first-order chi connectivity index (χ1) is 14.4. The Morgan fingerprint density at radius 3 is 2.80 bits per heavy atom. The van der Waals surface area contributed by atoms with Gasteiger partial charge in [-0.25, -0.2) is 13.4 Å². The van der Waals surface area contributed by atoms with E-state index in [2.05, 4.69) is 10.3 Å². The fraction of sp³-hybridized carbons (Fsp3) is 0.300. The highest BCUT2D eigenvalue weighted by Crippen LogP contribution is 2.20. The molecule has 158 valence electrons. The van der Waals surface area contributed by atoms with Gasteiger partial charge in [0.15, 0.2) is 0 Å². The number of imidazole rings is 1. The SMILES string of the molecule is NN(C1CCCOC1)S(=O)(=O)c1ccc(CNC(=O)c2ccc3nccn3c2)cc1. The molecule has 2 aromatic heterocycles. The number of nitrogens with two attached hydrogens (primary N) is 1. The van der Waals surface area contributed by atoms with E-state index >= 15 is 0 Å². The first-order valence-electron chi connectivity index (χ1n) is 9.62. The van der Waals surface area contributed by atoms with Gasteiger partial charge in [-0.2, -0.15) is 0 Å². The van der Waals surface area contributed by atoms with Crippen molar-refractivity contribution in [2.45, 2.75) is 30.3 Å². The van der Waals surface area contributed by atoms with Crippen molar-refractivity contribution in [2.24, 2.45) is 5.84 Å². The van der Waals surface area contributed by atoms with E-state index in [1.807, 2.05) is 0 Å². The molecule has 10 heteroatoms. The summed E-state index contributed by atoms with van der Waals surface area (Å²) in [5.41, 5.74) is 2.04. The molecule has 1 fully saturated rings. The number of carbonyl (C=O) groups is 1. The van der Waals surface area contributed by atoms with Gasteiger partial charge in [0.2, 0.25) is 0 Å². The highest BCUT2D eigenvalue weighted by atomic mass is 32.2. The molecule has 1 amide bonds. The highest BCUT2D eigenvalue weighted by molar-refractivity contribution is 7.89. The second kappa shape index (κ2) is 8.52. The highest BCUT2D eigenvalue weighted by Gasteiger charge is 2.30. The number of aromatic nitrogens is 2. The van der Waals surface area contributed by atoms with Crippen molar-refractivity contribution in [3.05, 3.63) is 66.1 Å². The normalized spacial score (nSPS) is 17.3. The van der Waals surface area contributed by atoms with Crippen LogP contribution >= 0.6 is 0 Å². The Bertz CT molecular complexity index is 1140. The maximum Gasteiger partial charge on any atom is 0.255 e. The molecule has 3 heterocycles. The summed E-state index contributed by atoms with van der Waals surface area (Å²) in [6.07, 6.45) is 6.59. The van der Waals surface area contributed by atoms with E-state index < -0.39 is 10.0 Å². The number of nitrogens with one attached hydrogen (secondary N) is 1. The third kappa shape index (κ3) is 4.21. The van der Waals surface area contributed by atoms with Crippen molar-refractivity contribution >= 4 is 21.6 Å². The summed E-state index contributed by atoms with van der Waals surface area (Å²) in [5.74, 6) is 5.66. The molecule has 1 atom stereocenters. The van der Waals surface area contributed by atoms with Crippen molar-refractivity contribution in [2.75, 3.05) is 13.2 Å². The topological polar surface area (TPSA) is 119 Å². The number of amides is 1. The minimum absolute atomic E-state index is 0.108. The molecule has 1 aliphatic heterocycles. The van der Waals surface area contributed by atoms with Crippen LogP contribution in [0.15, 0.2) is 59.9 Å². The molecule has 0 radical (unpaired) electrons. The molecule has 1 aromatic carbocycles. The minimum Gasteiger partial charge on any atom is -0.380 e. The molecule has 0 spiro atoms. The third-order valence-electron chi connectivity index (χ3n) is 5.10. The summed E-state index contributed by atoms with van der Waals surface area (Å²) in [5, 5.41) is 2.83. The van der Waals surface area contributed by atoms with Gasteiger partial charge in [-0.15, -0.1) is 4.41 Å². The number of sulfonamides is 1. The van der Waals surface area contributed by atoms with Crippen molar-refractivity contribution in [1.29, 1.82) is 0 Å². The zero-order valence-electron chi connectivity index (χ0n) is 16.3. The van der Waals surface area contributed by atoms with Crippen molar-refractivity contribution in [3.8, 4) is 0 Å². The Kier molecular flexibility index (Phi) is 5.82. The monoisotopic (exact) mass is 429 g/mol. The van der Waals surface area contributed by atoms with Gasteiger partial charge in [-0.05, 0) is 42.7 Å². The van der Waals surface area contributed by atoms with Gasteiger partial charge in [0.25, 0.3) is 15.9 Å². The van der Waals surface area contributed by atoms with Gasteiger partial charge in [0.05, 0.1) is 23.1 Å². The number of nitrogens with zero attached hydrogens (tertiary/aromatic N) is 3. The number of pyridine rings is 1. The van der Waals surface area contributed by atoms with E-state index in [1.54, 1.807) is 47.3 Å². The van der Waals surface area contributed by atoms with E-state index in [-0.39, 0.29) is 23.4 Å². The molecule has 4 rings (SSSR count). The summed E-state index contributed by atoms with van der Waals surface area (Å²) in [4.78, 5) is 16.7. The lowest BCUT2D eigenvalue weighted by molar-refractivity contribution is 0.0454. The second-order valence-corrected chi connectivity index (χ2v) is 8.99. The molecule has 30 heavy (non-hydrogen) atoms. The predicted octanol–water partition coefficient (Wildman–Crippen LogP) is 1.31. The van der Waals surface area contributed by atoms with Crippen LogP contribution in [0.5, 0.6) is 0 Å². The van der Waals surface area contributed by atoms with Crippen LogP contribution in [0, 0.1) is 0 Å². The molecule has 1 unspecified atom stereocenters. The molecule has 3 N–H and O–H groups in total. The van der Waals surface area contributed by atoms with Gasteiger partial charge < -0.3 is 14.5 Å². The number of hydrogen-bond acceptors (Lipinski definition) is 6. The molecule has 9 nitrogen and oxygen atoms in total. The molecule has 1 saturated heterocycles. The molecular weight excluding hydrogens is 406 g/mol. The van der Waals surface area contributed by atoms with E-state index in [1.165, 1.54) is 12.1 Å². The number of fused-ring (bicyclic) bond motifs is 1. The Balaban J connectivity index is 1.39. The second-order valence-electron chi connectivity index (χ2n) is 7.14. The standard InChI is InChI=1S/C20H23N5O4S/c21-25(17-2-1-11-29-14-17)30(27,28)18-6-3-15(4-7-18)12-23-20(26)16-5-8-19-22-9-10-24(19)13-16/h3-10,13,17H,1-2,11-12,14,21H2,(H,23,26). The van der Waals surface area contributed by atoms with Gasteiger partial charge in [0, 0.05) is 31.7 Å². The Morgan fingerprint density at radius 2 is 2.07 bits per heavy atom. The summed E-state index contributed by atoms with van der Waals surface area (Å²) in [6, 6.07) is 9.43. The molecule has 3 aromatic rings. The smallest absolute Gasteiger partial charge is 0.255 e. The quantitative estimate of drug-likeness (QED) is 0.450. The van der Waals surface area contributed by atoms with Crippen LogP contribution in [0.3, 0.4) is 0 Å². The van der Waals surface area contributed by atoms with Gasteiger partial charge in [-0.1, -0.05) is 12.1 Å². The van der Waals surface area contributed by atoms with Crippen molar-refractivity contribution < 1.29 is 17.9 Å². The maximum absolute atomic E-state index is 12.7. The van der Waals surface area contributed by atoms with Crippen LogP contribution in [-0.4, -0.2) is 47.4 Å².